The molecule has 0 aromatic carbocycles. The van der Waals surface area contributed by atoms with Crippen molar-refractivity contribution in [1.82, 2.24) is 16.0 Å². The van der Waals surface area contributed by atoms with Gasteiger partial charge in [0.25, 0.3) is 0 Å². The van der Waals surface area contributed by atoms with Crippen molar-refractivity contribution in [3.63, 3.8) is 0 Å². The molecule has 188 valence electrons. The SMILES string of the molecule is CC1CCCC(NC(=O)CC(CC(=O)NC2CCCC(C)C2)C(=O)NC2CCCC(C)C2)C1. The lowest BCUT2D eigenvalue weighted by Gasteiger charge is -2.30. The van der Waals surface area contributed by atoms with Crippen LogP contribution < -0.4 is 16.0 Å². The first-order valence-corrected chi connectivity index (χ1v) is 13.7. The maximum Gasteiger partial charge on any atom is 0.224 e. The van der Waals surface area contributed by atoms with Crippen LogP contribution in [-0.4, -0.2) is 35.8 Å². The van der Waals surface area contributed by atoms with Gasteiger partial charge in [-0.1, -0.05) is 59.3 Å². The zero-order valence-corrected chi connectivity index (χ0v) is 21.2. The summed E-state index contributed by atoms with van der Waals surface area (Å²) in [7, 11) is 0. The predicted molar refractivity (Wildman–Crippen MR) is 131 cm³/mol. The highest BCUT2D eigenvalue weighted by Gasteiger charge is 2.30. The average molecular weight is 462 g/mol. The Hall–Kier alpha value is -1.59. The van der Waals surface area contributed by atoms with E-state index >= 15 is 0 Å². The lowest BCUT2D eigenvalue weighted by molar-refractivity contribution is -0.134. The Labute approximate surface area is 200 Å². The van der Waals surface area contributed by atoms with E-state index in [9.17, 15) is 14.4 Å². The van der Waals surface area contributed by atoms with Crippen LogP contribution in [0.5, 0.6) is 0 Å². The van der Waals surface area contributed by atoms with Crippen LogP contribution in [0.15, 0.2) is 0 Å². The topological polar surface area (TPSA) is 87.3 Å². The van der Waals surface area contributed by atoms with Crippen LogP contribution in [0.25, 0.3) is 0 Å². The average Bonchev–Trinajstić information content (AvgIpc) is 2.73. The molecule has 0 saturated heterocycles. The van der Waals surface area contributed by atoms with Crippen molar-refractivity contribution in [2.45, 2.75) is 129 Å². The maximum absolute atomic E-state index is 13.2. The van der Waals surface area contributed by atoms with Gasteiger partial charge in [-0.15, -0.1) is 0 Å². The summed E-state index contributed by atoms with van der Waals surface area (Å²) >= 11 is 0. The van der Waals surface area contributed by atoms with Gasteiger partial charge in [0.1, 0.15) is 0 Å². The molecule has 3 N–H and O–H groups in total. The summed E-state index contributed by atoms with van der Waals surface area (Å²) in [6, 6.07) is 0.552. The van der Waals surface area contributed by atoms with E-state index in [1.165, 1.54) is 19.3 Å². The molecule has 0 bridgehead atoms. The predicted octanol–water partition coefficient (Wildman–Crippen LogP) is 4.47. The first kappa shape index (κ1) is 26.0. The minimum atomic E-state index is -0.607. The van der Waals surface area contributed by atoms with Crippen LogP contribution in [-0.2, 0) is 14.4 Å². The molecule has 6 unspecified atom stereocenters. The number of rotatable bonds is 8. The van der Waals surface area contributed by atoms with E-state index in [2.05, 4.69) is 36.7 Å². The van der Waals surface area contributed by atoms with Crippen molar-refractivity contribution in [1.29, 1.82) is 0 Å². The molecule has 6 heteroatoms. The van der Waals surface area contributed by atoms with E-state index in [1.54, 1.807) is 0 Å². The normalized spacial score (nSPS) is 33.5. The molecule has 3 aliphatic rings. The van der Waals surface area contributed by atoms with Crippen LogP contribution in [0.2, 0.25) is 0 Å². The number of hydrogen-bond donors (Lipinski definition) is 3. The molecule has 0 aromatic heterocycles. The third-order valence-corrected chi connectivity index (χ3v) is 8.12. The number of hydrogen-bond acceptors (Lipinski definition) is 3. The summed E-state index contributed by atoms with van der Waals surface area (Å²) in [5.74, 6) is 0.935. The summed E-state index contributed by atoms with van der Waals surface area (Å²) < 4.78 is 0. The number of carbonyl (C=O) groups excluding carboxylic acids is 3. The highest BCUT2D eigenvalue weighted by atomic mass is 16.2. The standard InChI is InChI=1S/C27H47N3O3/c1-18-7-4-10-22(13-18)28-25(31)16-21(27(33)30-24-12-6-9-20(3)15-24)17-26(32)29-23-11-5-8-19(2)14-23/h18-24H,4-17H2,1-3H3,(H,28,31)(H,29,32)(H,30,33). The van der Waals surface area contributed by atoms with Gasteiger partial charge in [-0.25, -0.2) is 0 Å². The Bertz CT molecular complexity index is 629. The summed E-state index contributed by atoms with van der Waals surface area (Å²) in [6.07, 6.45) is 13.2. The second-order valence-electron chi connectivity index (χ2n) is 11.7. The van der Waals surface area contributed by atoms with Crippen molar-refractivity contribution in [2.75, 3.05) is 0 Å². The van der Waals surface area contributed by atoms with Gasteiger partial charge >= 0.3 is 0 Å². The molecule has 6 nitrogen and oxygen atoms in total. The zero-order valence-electron chi connectivity index (χ0n) is 21.2. The smallest absolute Gasteiger partial charge is 0.224 e. The maximum atomic E-state index is 13.2. The van der Waals surface area contributed by atoms with E-state index in [-0.39, 0.29) is 48.7 Å². The molecule has 3 amide bonds. The zero-order chi connectivity index (χ0) is 23.8. The minimum Gasteiger partial charge on any atom is -0.353 e. The van der Waals surface area contributed by atoms with Gasteiger partial charge in [0.2, 0.25) is 17.7 Å². The van der Waals surface area contributed by atoms with Crippen molar-refractivity contribution in [2.24, 2.45) is 23.7 Å². The molecule has 0 aromatic rings. The Kier molecular flexibility index (Phi) is 10.1. The largest absolute Gasteiger partial charge is 0.353 e. The number of carbonyl (C=O) groups is 3. The van der Waals surface area contributed by atoms with E-state index in [4.69, 9.17) is 0 Å². The van der Waals surface area contributed by atoms with E-state index in [0.717, 1.165) is 57.8 Å². The van der Waals surface area contributed by atoms with Crippen LogP contribution in [0.4, 0.5) is 0 Å². The molecule has 6 atom stereocenters. The molecule has 33 heavy (non-hydrogen) atoms. The Morgan fingerprint density at radius 2 is 0.970 bits per heavy atom. The molecule has 0 radical (unpaired) electrons. The summed E-state index contributed by atoms with van der Waals surface area (Å²) in [4.78, 5) is 38.9. The van der Waals surface area contributed by atoms with Gasteiger partial charge in [-0.05, 0) is 56.3 Å². The number of amides is 3. The monoisotopic (exact) mass is 461 g/mol. The third kappa shape index (κ3) is 8.94. The first-order valence-electron chi connectivity index (χ1n) is 13.7. The second-order valence-corrected chi connectivity index (χ2v) is 11.7. The second kappa shape index (κ2) is 12.8. The van der Waals surface area contributed by atoms with Crippen LogP contribution in [0, 0.1) is 23.7 Å². The first-order chi connectivity index (χ1) is 15.8. The Balaban J connectivity index is 1.57. The van der Waals surface area contributed by atoms with Crippen molar-refractivity contribution in [3.8, 4) is 0 Å². The molecule has 3 rings (SSSR count). The van der Waals surface area contributed by atoms with Gasteiger partial charge in [-0.2, -0.15) is 0 Å². The van der Waals surface area contributed by atoms with Gasteiger partial charge in [-0.3, -0.25) is 14.4 Å². The highest BCUT2D eigenvalue weighted by molar-refractivity contribution is 5.90. The summed E-state index contributed by atoms with van der Waals surface area (Å²) in [6.45, 7) is 6.69. The van der Waals surface area contributed by atoms with Gasteiger partial charge < -0.3 is 16.0 Å². The van der Waals surface area contributed by atoms with E-state index < -0.39 is 5.92 Å². The molecular weight excluding hydrogens is 414 g/mol. The van der Waals surface area contributed by atoms with Crippen molar-refractivity contribution < 1.29 is 14.4 Å². The molecule has 0 aliphatic heterocycles. The van der Waals surface area contributed by atoms with Crippen LogP contribution >= 0.6 is 0 Å². The van der Waals surface area contributed by atoms with E-state index in [1.807, 2.05) is 0 Å². The van der Waals surface area contributed by atoms with E-state index in [0.29, 0.717) is 17.8 Å². The third-order valence-electron chi connectivity index (χ3n) is 8.12. The van der Waals surface area contributed by atoms with Gasteiger partial charge in [0.05, 0.1) is 5.92 Å². The number of nitrogens with one attached hydrogen (secondary N) is 3. The Morgan fingerprint density at radius 1 is 0.606 bits per heavy atom. The highest BCUT2D eigenvalue weighted by Crippen LogP contribution is 2.26. The Morgan fingerprint density at radius 3 is 1.33 bits per heavy atom. The van der Waals surface area contributed by atoms with Gasteiger partial charge in [0.15, 0.2) is 0 Å². The molecule has 3 fully saturated rings. The summed E-state index contributed by atoms with van der Waals surface area (Å²) in [5.41, 5.74) is 0. The lowest BCUT2D eigenvalue weighted by atomic mass is 9.86. The van der Waals surface area contributed by atoms with Crippen molar-refractivity contribution in [3.05, 3.63) is 0 Å². The fourth-order valence-electron chi connectivity index (χ4n) is 6.29. The van der Waals surface area contributed by atoms with Crippen molar-refractivity contribution >= 4 is 17.7 Å². The van der Waals surface area contributed by atoms with Gasteiger partial charge in [0, 0.05) is 31.0 Å². The molecule has 0 heterocycles. The molecule has 0 spiro atoms. The summed E-state index contributed by atoms with van der Waals surface area (Å²) in [5, 5.41) is 9.49. The minimum absolute atomic E-state index is 0.0908. The fraction of sp³-hybridized carbons (Fsp3) is 0.889. The lowest BCUT2D eigenvalue weighted by Crippen LogP contribution is -2.46. The molecule has 3 saturated carbocycles. The van der Waals surface area contributed by atoms with Crippen LogP contribution in [0.1, 0.15) is 111 Å². The quantitative estimate of drug-likeness (QED) is 0.498. The molecular formula is C27H47N3O3. The fourth-order valence-corrected chi connectivity index (χ4v) is 6.29. The van der Waals surface area contributed by atoms with Crippen LogP contribution in [0.3, 0.4) is 0 Å². The molecule has 3 aliphatic carbocycles.